The highest BCUT2D eigenvalue weighted by molar-refractivity contribution is 7.25. The molecule has 0 aliphatic heterocycles. The SMILES string of the molecule is CC1(C)c2ccccc2-c2c(-c3ccc(N(c4ccc(-c5cccc6ccccc56)cc4)c4ccccc4-c4ccc5sc6ccccc6c5c4)cc3)cccc21. The summed E-state index contributed by atoms with van der Waals surface area (Å²) >= 11 is 1.86. The zero-order chi connectivity index (χ0) is 38.1. The lowest BCUT2D eigenvalue weighted by Gasteiger charge is -2.28. The molecule has 0 fully saturated rings. The maximum atomic E-state index is 2.43. The minimum atomic E-state index is -0.0427. The number of hydrogen-bond donors (Lipinski definition) is 0. The van der Waals surface area contributed by atoms with Crippen molar-refractivity contribution in [2.24, 2.45) is 0 Å². The lowest BCUT2D eigenvalue weighted by atomic mass is 9.82. The van der Waals surface area contributed by atoms with Gasteiger partial charge in [0, 0.05) is 42.5 Å². The molecule has 10 aromatic rings. The van der Waals surface area contributed by atoms with Crippen LogP contribution >= 0.6 is 11.3 Å². The Morgan fingerprint density at radius 3 is 1.74 bits per heavy atom. The summed E-state index contributed by atoms with van der Waals surface area (Å²) in [6.07, 6.45) is 0. The van der Waals surface area contributed by atoms with E-state index in [0.29, 0.717) is 0 Å². The minimum Gasteiger partial charge on any atom is -0.310 e. The number of nitrogens with zero attached hydrogens (tertiary/aromatic N) is 1. The highest BCUT2D eigenvalue weighted by Crippen LogP contribution is 2.52. The van der Waals surface area contributed by atoms with E-state index >= 15 is 0 Å². The van der Waals surface area contributed by atoms with Crippen LogP contribution in [-0.2, 0) is 5.41 Å². The van der Waals surface area contributed by atoms with Crippen molar-refractivity contribution in [2.45, 2.75) is 19.3 Å². The van der Waals surface area contributed by atoms with E-state index in [0.717, 1.165) is 17.1 Å². The minimum absolute atomic E-state index is 0.0427. The van der Waals surface area contributed by atoms with Crippen LogP contribution in [-0.4, -0.2) is 0 Å². The normalized spacial score (nSPS) is 12.9. The lowest BCUT2D eigenvalue weighted by Crippen LogP contribution is -2.14. The van der Waals surface area contributed by atoms with E-state index in [1.807, 2.05) is 11.3 Å². The average molecular weight is 746 g/mol. The van der Waals surface area contributed by atoms with Crippen LogP contribution < -0.4 is 4.90 Å². The molecule has 1 nitrogen and oxygen atoms in total. The number of hydrogen-bond acceptors (Lipinski definition) is 2. The third kappa shape index (κ3) is 5.44. The molecule has 1 heterocycles. The monoisotopic (exact) mass is 745 g/mol. The quantitative estimate of drug-likeness (QED) is 0.164. The zero-order valence-corrected chi connectivity index (χ0v) is 32.7. The summed E-state index contributed by atoms with van der Waals surface area (Å²) in [6.45, 7) is 4.70. The van der Waals surface area contributed by atoms with E-state index < -0.39 is 0 Å². The number of para-hydroxylation sites is 1. The van der Waals surface area contributed by atoms with E-state index in [1.165, 1.54) is 86.6 Å². The van der Waals surface area contributed by atoms with Gasteiger partial charge in [-0.05, 0) is 109 Å². The topological polar surface area (TPSA) is 3.24 Å². The van der Waals surface area contributed by atoms with Crippen molar-refractivity contribution in [1.29, 1.82) is 0 Å². The van der Waals surface area contributed by atoms with Crippen LogP contribution in [0.1, 0.15) is 25.0 Å². The van der Waals surface area contributed by atoms with Crippen LogP contribution in [0.15, 0.2) is 200 Å². The second kappa shape index (κ2) is 13.2. The van der Waals surface area contributed by atoms with E-state index in [-0.39, 0.29) is 5.41 Å². The van der Waals surface area contributed by atoms with Crippen molar-refractivity contribution < 1.29 is 0 Å². The van der Waals surface area contributed by atoms with Crippen molar-refractivity contribution in [1.82, 2.24) is 0 Å². The predicted molar refractivity (Wildman–Crippen MR) is 245 cm³/mol. The van der Waals surface area contributed by atoms with E-state index in [1.54, 1.807) is 0 Å². The number of anilines is 3. The highest BCUT2D eigenvalue weighted by atomic mass is 32.1. The van der Waals surface area contributed by atoms with Gasteiger partial charge in [0.2, 0.25) is 0 Å². The molecule has 0 unspecified atom stereocenters. The van der Waals surface area contributed by atoms with Crippen molar-refractivity contribution >= 4 is 59.3 Å². The smallest absolute Gasteiger partial charge is 0.0540 e. The molecule has 0 saturated carbocycles. The fourth-order valence-electron chi connectivity index (χ4n) is 9.29. The molecule has 9 aromatic carbocycles. The van der Waals surface area contributed by atoms with Gasteiger partial charge in [0.1, 0.15) is 0 Å². The van der Waals surface area contributed by atoms with Gasteiger partial charge >= 0.3 is 0 Å². The first kappa shape index (κ1) is 33.6. The Kier molecular flexibility index (Phi) is 7.77. The van der Waals surface area contributed by atoms with Crippen LogP contribution in [0, 0.1) is 0 Å². The molecule has 57 heavy (non-hydrogen) atoms. The number of benzene rings is 9. The highest BCUT2D eigenvalue weighted by Gasteiger charge is 2.36. The standard InChI is InChI=1S/C55H39NS/c1-55(2)49-21-8-5-18-47(49)54-45(20-12-22-50(54)55)38-27-32-41(33-28-38)56(40-30-25-37(26-31-40)43-19-11-14-36-13-3-4-15-42(36)43)51-23-9-6-16-44(51)39-29-34-53-48(35-39)46-17-7-10-24-52(46)57-53/h3-35H,1-2H3. The van der Waals surface area contributed by atoms with Gasteiger partial charge in [-0.1, -0.05) is 166 Å². The van der Waals surface area contributed by atoms with Crippen LogP contribution in [0.25, 0.3) is 75.5 Å². The van der Waals surface area contributed by atoms with Gasteiger partial charge in [-0.2, -0.15) is 0 Å². The maximum Gasteiger partial charge on any atom is 0.0540 e. The third-order valence-corrected chi connectivity index (χ3v) is 13.3. The molecule has 1 aliphatic carbocycles. The summed E-state index contributed by atoms with van der Waals surface area (Å²) < 4.78 is 2.63. The molecular formula is C55H39NS. The molecule has 11 rings (SSSR count). The summed E-state index contributed by atoms with van der Waals surface area (Å²) in [7, 11) is 0. The molecule has 270 valence electrons. The molecule has 0 saturated heterocycles. The molecule has 0 atom stereocenters. The van der Waals surface area contributed by atoms with E-state index in [2.05, 4.69) is 219 Å². The molecule has 0 spiro atoms. The first-order chi connectivity index (χ1) is 28.0. The Bertz CT molecular complexity index is 3140. The first-order valence-corrected chi connectivity index (χ1v) is 20.6. The summed E-state index contributed by atoms with van der Waals surface area (Å²) in [5, 5.41) is 5.13. The molecule has 0 radical (unpaired) electrons. The Hall–Kier alpha value is -6.74. The summed E-state index contributed by atoms with van der Waals surface area (Å²) in [5.74, 6) is 0. The predicted octanol–water partition coefficient (Wildman–Crippen LogP) is 16.0. The third-order valence-electron chi connectivity index (χ3n) is 12.1. The van der Waals surface area contributed by atoms with E-state index in [4.69, 9.17) is 0 Å². The number of thiophene rings is 1. The molecule has 1 aromatic heterocycles. The van der Waals surface area contributed by atoms with Crippen molar-refractivity contribution in [2.75, 3.05) is 4.90 Å². The van der Waals surface area contributed by atoms with Gasteiger partial charge in [0.15, 0.2) is 0 Å². The van der Waals surface area contributed by atoms with Gasteiger partial charge in [0.05, 0.1) is 5.69 Å². The second-order valence-electron chi connectivity index (χ2n) is 15.7. The van der Waals surface area contributed by atoms with Crippen LogP contribution in [0.3, 0.4) is 0 Å². The van der Waals surface area contributed by atoms with Crippen LogP contribution in [0.4, 0.5) is 17.1 Å². The van der Waals surface area contributed by atoms with Gasteiger partial charge in [-0.3, -0.25) is 0 Å². The summed E-state index contributed by atoms with van der Waals surface area (Å²) in [4.78, 5) is 2.43. The number of fused-ring (bicyclic) bond motifs is 7. The van der Waals surface area contributed by atoms with Crippen molar-refractivity contribution in [3.63, 3.8) is 0 Å². The maximum absolute atomic E-state index is 2.43. The Morgan fingerprint density at radius 1 is 0.386 bits per heavy atom. The molecular weight excluding hydrogens is 707 g/mol. The Morgan fingerprint density at radius 2 is 0.930 bits per heavy atom. The molecule has 2 heteroatoms. The fraction of sp³-hybridized carbons (Fsp3) is 0.0545. The van der Waals surface area contributed by atoms with Gasteiger partial charge in [0.25, 0.3) is 0 Å². The number of rotatable bonds is 6. The van der Waals surface area contributed by atoms with Gasteiger partial charge in [-0.15, -0.1) is 11.3 Å². The fourth-order valence-corrected chi connectivity index (χ4v) is 10.4. The van der Waals surface area contributed by atoms with Gasteiger partial charge in [-0.25, -0.2) is 0 Å². The van der Waals surface area contributed by atoms with Crippen LogP contribution in [0.2, 0.25) is 0 Å². The lowest BCUT2D eigenvalue weighted by molar-refractivity contribution is 0.660. The largest absolute Gasteiger partial charge is 0.310 e. The average Bonchev–Trinajstić information content (AvgIpc) is 3.76. The molecule has 0 amide bonds. The molecule has 1 aliphatic rings. The van der Waals surface area contributed by atoms with Crippen LogP contribution in [0.5, 0.6) is 0 Å². The second-order valence-corrected chi connectivity index (χ2v) is 16.8. The van der Waals surface area contributed by atoms with Crippen molar-refractivity contribution in [3.05, 3.63) is 211 Å². The van der Waals surface area contributed by atoms with Gasteiger partial charge < -0.3 is 4.90 Å². The summed E-state index contributed by atoms with van der Waals surface area (Å²) in [6, 6.07) is 73.9. The Labute approximate surface area is 337 Å². The van der Waals surface area contributed by atoms with Crippen molar-refractivity contribution in [3.8, 4) is 44.5 Å². The Balaban J connectivity index is 1.06. The van der Waals surface area contributed by atoms with E-state index in [9.17, 15) is 0 Å². The first-order valence-electron chi connectivity index (χ1n) is 19.8. The molecule has 0 N–H and O–H groups in total. The zero-order valence-electron chi connectivity index (χ0n) is 31.9. The summed E-state index contributed by atoms with van der Waals surface area (Å²) in [5.41, 5.74) is 16.1. The molecule has 0 bridgehead atoms.